The van der Waals surface area contributed by atoms with Gasteiger partial charge in [0.05, 0.1) is 19.3 Å². The molecule has 1 atom stereocenters. The number of morpholine rings is 1. The van der Waals surface area contributed by atoms with Crippen molar-refractivity contribution >= 4 is 11.9 Å². The minimum Gasteiger partial charge on any atom is -0.375 e. The predicted molar refractivity (Wildman–Crippen MR) is 69.2 cm³/mol. The molecule has 6 heteroatoms. The molecule has 3 N–H and O–H groups in total. The molecule has 0 aromatic carbocycles. The quantitative estimate of drug-likeness (QED) is 0.404. The number of hydrogen-bond donors (Lipinski definition) is 2. The molecule has 18 heavy (non-hydrogen) atoms. The van der Waals surface area contributed by atoms with Gasteiger partial charge in [0.15, 0.2) is 5.96 Å². The second-order valence-corrected chi connectivity index (χ2v) is 4.93. The summed E-state index contributed by atoms with van der Waals surface area (Å²) in [6.45, 7) is 5.38. The van der Waals surface area contributed by atoms with Crippen molar-refractivity contribution in [2.24, 2.45) is 16.6 Å². The molecule has 1 aliphatic carbocycles. The summed E-state index contributed by atoms with van der Waals surface area (Å²) in [5.41, 5.74) is 5.91. The molecule has 2 aliphatic rings. The van der Waals surface area contributed by atoms with Crippen LogP contribution in [0.1, 0.15) is 19.8 Å². The van der Waals surface area contributed by atoms with E-state index < -0.39 is 0 Å². The molecule has 1 unspecified atom stereocenters. The van der Waals surface area contributed by atoms with Gasteiger partial charge < -0.3 is 20.7 Å². The van der Waals surface area contributed by atoms with Gasteiger partial charge in [-0.25, -0.2) is 0 Å². The highest BCUT2D eigenvalue weighted by molar-refractivity contribution is 5.81. The van der Waals surface area contributed by atoms with Gasteiger partial charge in [0.2, 0.25) is 5.91 Å². The van der Waals surface area contributed by atoms with Gasteiger partial charge in [-0.1, -0.05) is 0 Å². The van der Waals surface area contributed by atoms with Gasteiger partial charge in [-0.2, -0.15) is 0 Å². The first-order valence-electron chi connectivity index (χ1n) is 6.61. The molecule has 102 valence electrons. The first-order chi connectivity index (χ1) is 8.66. The van der Waals surface area contributed by atoms with Gasteiger partial charge >= 0.3 is 0 Å². The van der Waals surface area contributed by atoms with Crippen molar-refractivity contribution in [3.63, 3.8) is 0 Å². The summed E-state index contributed by atoms with van der Waals surface area (Å²) >= 11 is 0. The zero-order valence-electron chi connectivity index (χ0n) is 10.9. The first kappa shape index (κ1) is 13.1. The Kier molecular flexibility index (Phi) is 4.41. The average Bonchev–Trinajstić information content (AvgIpc) is 3.18. The van der Waals surface area contributed by atoms with Crippen LogP contribution in [0.5, 0.6) is 0 Å². The van der Waals surface area contributed by atoms with E-state index in [4.69, 9.17) is 10.5 Å². The summed E-state index contributed by atoms with van der Waals surface area (Å²) in [5, 5.41) is 2.87. The molecule has 0 bridgehead atoms. The van der Waals surface area contributed by atoms with Crippen LogP contribution in [0.25, 0.3) is 0 Å². The third-order valence-electron chi connectivity index (χ3n) is 3.20. The van der Waals surface area contributed by atoms with Crippen molar-refractivity contribution < 1.29 is 9.53 Å². The highest BCUT2D eigenvalue weighted by atomic mass is 16.5. The molecule has 1 amide bonds. The molecule has 1 saturated heterocycles. The number of nitrogens with two attached hydrogens (primary N) is 1. The molecular weight excluding hydrogens is 232 g/mol. The normalized spacial score (nSPS) is 25.1. The van der Waals surface area contributed by atoms with Crippen LogP contribution >= 0.6 is 0 Å². The van der Waals surface area contributed by atoms with Gasteiger partial charge in [0.25, 0.3) is 0 Å². The van der Waals surface area contributed by atoms with Crippen LogP contribution < -0.4 is 11.1 Å². The van der Waals surface area contributed by atoms with Gasteiger partial charge in [0, 0.05) is 25.6 Å². The number of guanidine groups is 1. The number of nitrogens with zero attached hydrogens (tertiary/aromatic N) is 2. The minimum absolute atomic E-state index is 0.156. The number of nitrogens with one attached hydrogen (secondary N) is 1. The molecule has 2 rings (SSSR count). The monoisotopic (exact) mass is 254 g/mol. The Bertz CT molecular complexity index is 328. The predicted octanol–water partition coefficient (Wildman–Crippen LogP) is -0.452. The maximum Gasteiger partial charge on any atom is 0.223 e. The number of amides is 1. The van der Waals surface area contributed by atoms with Crippen LogP contribution in [0, 0.1) is 5.92 Å². The van der Waals surface area contributed by atoms with E-state index in [-0.39, 0.29) is 17.9 Å². The number of ether oxygens (including phenoxy) is 1. The Balaban J connectivity index is 1.66. The Morgan fingerprint density at radius 1 is 1.56 bits per heavy atom. The summed E-state index contributed by atoms with van der Waals surface area (Å²) in [7, 11) is 0. The fourth-order valence-corrected chi connectivity index (χ4v) is 1.97. The summed E-state index contributed by atoms with van der Waals surface area (Å²) < 4.78 is 5.44. The number of rotatable bonds is 4. The summed E-state index contributed by atoms with van der Waals surface area (Å²) in [5.74, 6) is 0.959. The third-order valence-corrected chi connectivity index (χ3v) is 3.20. The van der Waals surface area contributed by atoms with Crippen LogP contribution in [0.3, 0.4) is 0 Å². The van der Waals surface area contributed by atoms with Crippen molar-refractivity contribution in [3.05, 3.63) is 0 Å². The van der Waals surface area contributed by atoms with E-state index in [1.165, 1.54) is 0 Å². The zero-order valence-corrected chi connectivity index (χ0v) is 10.9. The van der Waals surface area contributed by atoms with Crippen molar-refractivity contribution in [1.29, 1.82) is 0 Å². The molecule has 1 aliphatic heterocycles. The van der Waals surface area contributed by atoms with E-state index in [0.29, 0.717) is 25.7 Å². The van der Waals surface area contributed by atoms with E-state index in [1.54, 1.807) is 0 Å². The van der Waals surface area contributed by atoms with E-state index in [2.05, 4.69) is 10.3 Å². The highest BCUT2D eigenvalue weighted by Gasteiger charge is 2.28. The Morgan fingerprint density at radius 2 is 2.33 bits per heavy atom. The molecule has 0 aromatic rings. The van der Waals surface area contributed by atoms with Gasteiger partial charge in [-0.05, 0) is 19.8 Å². The Morgan fingerprint density at radius 3 is 3.00 bits per heavy atom. The van der Waals surface area contributed by atoms with E-state index in [1.807, 2.05) is 11.8 Å². The second kappa shape index (κ2) is 6.04. The van der Waals surface area contributed by atoms with Crippen molar-refractivity contribution in [1.82, 2.24) is 10.2 Å². The minimum atomic E-state index is 0.156. The number of carbonyl (C=O) groups excluding carboxylic acids is 1. The van der Waals surface area contributed by atoms with Crippen molar-refractivity contribution in [2.75, 3.05) is 32.8 Å². The molecule has 0 spiro atoms. The van der Waals surface area contributed by atoms with E-state index >= 15 is 0 Å². The molecule has 1 heterocycles. The topological polar surface area (TPSA) is 80.0 Å². The molecule has 0 radical (unpaired) electrons. The molecular formula is C12H22N4O2. The lowest BCUT2D eigenvalue weighted by molar-refractivity contribution is -0.122. The standard InChI is InChI=1S/C12H22N4O2/c1-9-8-16(6-7-18-9)12(13)15-5-4-14-11(17)10-2-3-10/h9-10H,2-8H2,1H3,(H2,13,15)(H,14,17). The lowest BCUT2D eigenvalue weighted by Crippen LogP contribution is -2.48. The van der Waals surface area contributed by atoms with Gasteiger partial charge in [0.1, 0.15) is 0 Å². The first-order valence-corrected chi connectivity index (χ1v) is 6.61. The summed E-state index contributed by atoms with van der Waals surface area (Å²) in [6, 6.07) is 0. The summed E-state index contributed by atoms with van der Waals surface area (Å²) in [6.07, 6.45) is 2.26. The van der Waals surface area contributed by atoms with Crippen molar-refractivity contribution in [3.8, 4) is 0 Å². The van der Waals surface area contributed by atoms with Crippen LogP contribution in [-0.2, 0) is 9.53 Å². The molecule has 0 aromatic heterocycles. The number of hydrogen-bond acceptors (Lipinski definition) is 3. The molecule has 2 fully saturated rings. The number of carbonyl (C=O) groups is 1. The lowest BCUT2D eigenvalue weighted by Gasteiger charge is -2.31. The fraction of sp³-hybridized carbons (Fsp3) is 0.833. The van der Waals surface area contributed by atoms with Crippen molar-refractivity contribution in [2.45, 2.75) is 25.9 Å². The second-order valence-electron chi connectivity index (χ2n) is 4.93. The largest absolute Gasteiger partial charge is 0.375 e. The van der Waals surface area contributed by atoms with Gasteiger partial charge in [-0.3, -0.25) is 9.79 Å². The third kappa shape index (κ3) is 3.87. The van der Waals surface area contributed by atoms with Crippen LogP contribution in [-0.4, -0.2) is 55.7 Å². The average molecular weight is 254 g/mol. The molecule has 1 saturated carbocycles. The number of aliphatic imine (C=N–C) groups is 1. The fourth-order valence-electron chi connectivity index (χ4n) is 1.97. The maximum absolute atomic E-state index is 11.4. The molecule has 6 nitrogen and oxygen atoms in total. The maximum atomic E-state index is 11.4. The highest BCUT2D eigenvalue weighted by Crippen LogP contribution is 2.28. The zero-order chi connectivity index (χ0) is 13.0. The van der Waals surface area contributed by atoms with E-state index in [0.717, 1.165) is 25.9 Å². The Labute approximate surface area is 108 Å². The SMILES string of the molecule is CC1CN(C(N)=NCCNC(=O)C2CC2)CCO1. The van der Waals surface area contributed by atoms with Gasteiger partial charge in [-0.15, -0.1) is 0 Å². The summed E-state index contributed by atoms with van der Waals surface area (Å²) in [4.78, 5) is 17.7. The van der Waals surface area contributed by atoms with Crippen LogP contribution in [0.4, 0.5) is 0 Å². The van der Waals surface area contributed by atoms with Crippen LogP contribution in [0.2, 0.25) is 0 Å². The smallest absolute Gasteiger partial charge is 0.223 e. The van der Waals surface area contributed by atoms with E-state index in [9.17, 15) is 4.79 Å². The lowest BCUT2D eigenvalue weighted by atomic mass is 10.3. The Hall–Kier alpha value is -1.30. The van der Waals surface area contributed by atoms with Crippen LogP contribution in [0.15, 0.2) is 4.99 Å².